The maximum absolute atomic E-state index is 12.1. The van der Waals surface area contributed by atoms with Gasteiger partial charge >= 0.3 is 0 Å². The summed E-state index contributed by atoms with van der Waals surface area (Å²) in [6, 6.07) is 11.4. The number of nitrogens with one attached hydrogen (secondary N) is 1. The van der Waals surface area contributed by atoms with Crippen LogP contribution in [0.15, 0.2) is 40.6 Å². The van der Waals surface area contributed by atoms with E-state index in [1.807, 2.05) is 44.2 Å². The molecule has 2 aromatic rings. The molecule has 0 radical (unpaired) electrons. The van der Waals surface area contributed by atoms with Crippen molar-refractivity contribution in [1.29, 1.82) is 0 Å². The summed E-state index contributed by atoms with van der Waals surface area (Å²) in [7, 11) is -3.39. The smallest absolute Gasteiger partial charge is 0.206 e. The van der Waals surface area contributed by atoms with E-state index in [9.17, 15) is 8.42 Å². The van der Waals surface area contributed by atoms with Crippen LogP contribution in [0.3, 0.4) is 0 Å². The monoisotopic (exact) mass is 295 g/mol. The normalized spacial score (nSPS) is 11.7. The molecule has 0 fully saturated rings. The summed E-state index contributed by atoms with van der Waals surface area (Å²) < 4.78 is 27.2. The molecule has 0 bridgehead atoms. The van der Waals surface area contributed by atoms with Gasteiger partial charge in [0.1, 0.15) is 4.21 Å². The van der Waals surface area contributed by atoms with Crippen molar-refractivity contribution in [3.63, 3.8) is 0 Å². The van der Waals surface area contributed by atoms with Gasteiger partial charge in [0.15, 0.2) is 0 Å². The Balaban J connectivity index is 2.07. The summed E-state index contributed by atoms with van der Waals surface area (Å²) >= 11 is 1.33. The quantitative estimate of drug-likeness (QED) is 0.921. The molecule has 0 aliphatic heterocycles. The third kappa shape index (κ3) is 3.65. The first-order valence-corrected chi connectivity index (χ1v) is 8.45. The summed E-state index contributed by atoms with van der Waals surface area (Å²) in [4.78, 5) is 1.08. The number of hydrogen-bond donors (Lipinski definition) is 1. The second-order valence-corrected chi connectivity index (χ2v) is 7.55. The van der Waals surface area contributed by atoms with E-state index in [-0.39, 0.29) is 0 Å². The van der Waals surface area contributed by atoms with Gasteiger partial charge in [0.2, 0.25) is 10.0 Å². The third-order valence-electron chi connectivity index (χ3n) is 2.84. The molecule has 0 unspecified atom stereocenters. The van der Waals surface area contributed by atoms with Gasteiger partial charge in [-0.1, -0.05) is 36.8 Å². The molecule has 1 N–H and O–H groups in total. The van der Waals surface area contributed by atoms with Gasteiger partial charge in [-0.25, -0.2) is 13.1 Å². The van der Waals surface area contributed by atoms with Crippen molar-refractivity contribution in [2.24, 2.45) is 0 Å². The van der Waals surface area contributed by atoms with E-state index in [0.29, 0.717) is 10.8 Å². The Labute approximate surface area is 118 Å². The lowest BCUT2D eigenvalue weighted by atomic mass is 10.2. The van der Waals surface area contributed by atoms with Gasteiger partial charge in [-0.3, -0.25) is 0 Å². The maximum atomic E-state index is 12.1. The van der Waals surface area contributed by atoms with Crippen molar-refractivity contribution in [2.75, 3.05) is 0 Å². The van der Waals surface area contributed by atoms with Crippen LogP contribution in [0.25, 0.3) is 0 Å². The van der Waals surface area contributed by atoms with E-state index in [1.165, 1.54) is 11.3 Å². The molecule has 0 aliphatic rings. The minimum atomic E-state index is -3.39. The number of rotatable bonds is 5. The zero-order valence-corrected chi connectivity index (χ0v) is 12.6. The highest BCUT2D eigenvalue weighted by molar-refractivity contribution is 7.91. The van der Waals surface area contributed by atoms with Crippen molar-refractivity contribution in [2.45, 2.75) is 31.0 Å². The predicted molar refractivity (Wildman–Crippen MR) is 78.9 cm³/mol. The fourth-order valence-electron chi connectivity index (χ4n) is 1.65. The summed E-state index contributed by atoms with van der Waals surface area (Å²) in [6.07, 6.45) is 0.859. The molecule has 2 rings (SSSR count). The molecule has 3 nitrogen and oxygen atoms in total. The topological polar surface area (TPSA) is 46.2 Å². The SMILES string of the molecule is CCc1ccc(S(=O)(=O)NCc2ccc(C)cc2)s1. The van der Waals surface area contributed by atoms with Crippen LogP contribution in [0, 0.1) is 6.92 Å². The third-order valence-corrected chi connectivity index (χ3v) is 5.96. The van der Waals surface area contributed by atoms with Crippen LogP contribution in [0.2, 0.25) is 0 Å². The Bertz CT molecular complexity index is 642. The summed E-state index contributed by atoms with van der Waals surface area (Å²) in [6.45, 7) is 4.34. The number of hydrogen-bond acceptors (Lipinski definition) is 3. The highest BCUT2D eigenvalue weighted by Crippen LogP contribution is 2.21. The Kier molecular flexibility index (Phi) is 4.39. The number of benzene rings is 1. The fourth-order valence-corrected chi connectivity index (χ4v) is 4.01. The van der Waals surface area contributed by atoms with Gasteiger partial charge in [0.05, 0.1) is 0 Å². The van der Waals surface area contributed by atoms with Gasteiger partial charge in [0.25, 0.3) is 0 Å². The fraction of sp³-hybridized carbons (Fsp3) is 0.286. The minimum Gasteiger partial charge on any atom is -0.206 e. The van der Waals surface area contributed by atoms with Crippen molar-refractivity contribution >= 4 is 21.4 Å². The predicted octanol–water partition coefficient (Wildman–Crippen LogP) is 3.10. The molecule has 102 valence electrons. The standard InChI is InChI=1S/C14H17NO2S2/c1-3-13-8-9-14(18-13)19(16,17)15-10-12-6-4-11(2)5-7-12/h4-9,15H,3,10H2,1-2H3. The first kappa shape index (κ1) is 14.2. The highest BCUT2D eigenvalue weighted by Gasteiger charge is 2.15. The lowest BCUT2D eigenvalue weighted by molar-refractivity contribution is 0.583. The summed E-state index contributed by atoms with van der Waals surface area (Å²) in [5, 5.41) is 0. The van der Waals surface area contributed by atoms with Crippen LogP contribution in [-0.4, -0.2) is 8.42 Å². The van der Waals surface area contributed by atoms with Gasteiger partial charge in [-0.15, -0.1) is 11.3 Å². The van der Waals surface area contributed by atoms with E-state index in [0.717, 1.165) is 22.4 Å². The van der Waals surface area contributed by atoms with E-state index < -0.39 is 10.0 Å². The number of sulfonamides is 1. The van der Waals surface area contributed by atoms with Gasteiger partial charge < -0.3 is 0 Å². The number of thiophene rings is 1. The van der Waals surface area contributed by atoms with Crippen molar-refractivity contribution in [3.05, 3.63) is 52.4 Å². The molecule has 19 heavy (non-hydrogen) atoms. The van der Waals surface area contributed by atoms with Crippen LogP contribution in [0.5, 0.6) is 0 Å². The lowest BCUT2D eigenvalue weighted by Gasteiger charge is -2.05. The molecular weight excluding hydrogens is 278 g/mol. The van der Waals surface area contributed by atoms with Crippen molar-refractivity contribution in [1.82, 2.24) is 4.72 Å². The Morgan fingerprint density at radius 2 is 1.79 bits per heavy atom. The largest absolute Gasteiger partial charge is 0.250 e. The molecule has 0 atom stereocenters. The molecule has 0 saturated heterocycles. The summed E-state index contributed by atoms with van der Waals surface area (Å²) in [5.41, 5.74) is 2.12. The maximum Gasteiger partial charge on any atom is 0.250 e. The van der Waals surface area contributed by atoms with E-state index in [4.69, 9.17) is 0 Å². The van der Waals surface area contributed by atoms with Crippen LogP contribution in [0.1, 0.15) is 22.9 Å². The zero-order chi connectivity index (χ0) is 13.9. The molecule has 0 aliphatic carbocycles. The number of aryl methyl sites for hydroxylation is 2. The molecule has 1 aromatic carbocycles. The first-order chi connectivity index (χ1) is 9.01. The molecule has 5 heteroatoms. The molecule has 1 aromatic heterocycles. The zero-order valence-electron chi connectivity index (χ0n) is 11.0. The molecule has 1 heterocycles. The Morgan fingerprint density at radius 1 is 1.11 bits per heavy atom. The van der Waals surface area contributed by atoms with Crippen LogP contribution >= 0.6 is 11.3 Å². The average molecular weight is 295 g/mol. The Morgan fingerprint density at radius 3 is 2.37 bits per heavy atom. The highest BCUT2D eigenvalue weighted by atomic mass is 32.2. The van der Waals surface area contributed by atoms with Gasteiger partial charge in [0, 0.05) is 11.4 Å². The first-order valence-electron chi connectivity index (χ1n) is 6.15. The molecule has 0 amide bonds. The lowest BCUT2D eigenvalue weighted by Crippen LogP contribution is -2.22. The van der Waals surface area contributed by atoms with Crippen LogP contribution < -0.4 is 4.72 Å². The van der Waals surface area contributed by atoms with Crippen LogP contribution in [-0.2, 0) is 23.0 Å². The van der Waals surface area contributed by atoms with Gasteiger partial charge in [-0.05, 0) is 31.0 Å². The second kappa shape index (κ2) is 5.86. The van der Waals surface area contributed by atoms with E-state index >= 15 is 0 Å². The Hall–Kier alpha value is -1.17. The minimum absolute atomic E-state index is 0.321. The molecule has 0 saturated carbocycles. The molecular formula is C14H17NO2S2. The van der Waals surface area contributed by atoms with E-state index in [2.05, 4.69) is 4.72 Å². The van der Waals surface area contributed by atoms with Crippen LogP contribution in [0.4, 0.5) is 0 Å². The van der Waals surface area contributed by atoms with Gasteiger partial charge in [-0.2, -0.15) is 0 Å². The molecule has 0 spiro atoms. The average Bonchev–Trinajstić information content (AvgIpc) is 2.88. The second-order valence-electron chi connectivity index (χ2n) is 4.38. The summed E-state index contributed by atoms with van der Waals surface area (Å²) in [5.74, 6) is 0. The van der Waals surface area contributed by atoms with E-state index in [1.54, 1.807) is 6.07 Å². The van der Waals surface area contributed by atoms with Crippen molar-refractivity contribution in [3.8, 4) is 0 Å². The van der Waals surface area contributed by atoms with Crippen molar-refractivity contribution < 1.29 is 8.42 Å².